The fourth-order valence-electron chi connectivity index (χ4n) is 1.79. The lowest BCUT2D eigenvalue weighted by Gasteiger charge is -2.18. The van der Waals surface area contributed by atoms with Crippen molar-refractivity contribution in [3.05, 3.63) is 42.6 Å². The molecule has 0 fully saturated rings. The number of nitrogens with one attached hydrogen (secondary N) is 1. The third kappa shape index (κ3) is 2.73. The minimum atomic E-state index is 0.223. The van der Waals surface area contributed by atoms with Gasteiger partial charge in [-0.05, 0) is 32.0 Å². The molecular weight excluding hydrogens is 202 g/mol. The van der Waals surface area contributed by atoms with E-state index in [1.54, 1.807) is 12.5 Å². The van der Waals surface area contributed by atoms with Gasteiger partial charge in [-0.15, -0.1) is 0 Å². The van der Waals surface area contributed by atoms with Gasteiger partial charge >= 0.3 is 0 Å². The number of furan rings is 1. The van der Waals surface area contributed by atoms with E-state index in [0.29, 0.717) is 6.04 Å². The first-order chi connectivity index (χ1) is 7.75. The highest BCUT2D eigenvalue weighted by Crippen LogP contribution is 2.13. The zero-order valence-corrected chi connectivity index (χ0v) is 9.63. The number of hydrogen-bond donors (Lipinski definition) is 1. The Balaban J connectivity index is 1.85. The minimum Gasteiger partial charge on any atom is -0.468 e. The maximum absolute atomic E-state index is 5.35. The Morgan fingerprint density at radius 2 is 2.31 bits per heavy atom. The summed E-state index contributed by atoms with van der Waals surface area (Å²) >= 11 is 0. The summed E-state index contributed by atoms with van der Waals surface area (Å²) in [6, 6.07) is 6.40. The molecule has 0 aliphatic heterocycles. The van der Waals surface area contributed by atoms with Gasteiger partial charge in [0.25, 0.3) is 0 Å². The van der Waals surface area contributed by atoms with Gasteiger partial charge in [-0.25, -0.2) is 0 Å². The van der Waals surface area contributed by atoms with Crippen LogP contribution in [0.15, 0.2) is 41.3 Å². The SMILES string of the molecule is CC(Cn1cccn1)NC(C)c1ccco1. The number of nitrogens with zero attached hydrogens (tertiary/aromatic N) is 2. The summed E-state index contributed by atoms with van der Waals surface area (Å²) in [5.74, 6) is 0.965. The second kappa shape index (κ2) is 4.99. The predicted octanol–water partition coefficient (Wildman–Crippen LogP) is 2.22. The Kier molecular flexibility index (Phi) is 3.41. The predicted molar refractivity (Wildman–Crippen MR) is 61.9 cm³/mol. The molecule has 4 heteroatoms. The normalized spacial score (nSPS) is 14.9. The Hall–Kier alpha value is -1.55. The third-order valence-electron chi connectivity index (χ3n) is 2.52. The van der Waals surface area contributed by atoms with Crippen LogP contribution in [0.1, 0.15) is 25.6 Å². The molecular formula is C12H17N3O. The second-order valence-corrected chi connectivity index (χ2v) is 4.03. The maximum atomic E-state index is 5.35. The first kappa shape index (κ1) is 11.0. The van der Waals surface area contributed by atoms with E-state index in [1.165, 1.54) is 0 Å². The van der Waals surface area contributed by atoms with Gasteiger partial charge in [-0.3, -0.25) is 4.68 Å². The van der Waals surface area contributed by atoms with Crippen LogP contribution in [0.25, 0.3) is 0 Å². The molecule has 0 amide bonds. The Bertz CT molecular complexity index is 394. The molecule has 1 N–H and O–H groups in total. The standard InChI is InChI=1S/C12H17N3O/c1-10(9-15-7-4-6-13-15)14-11(2)12-5-3-8-16-12/h3-8,10-11,14H,9H2,1-2H3. The van der Waals surface area contributed by atoms with Crippen molar-refractivity contribution in [2.75, 3.05) is 0 Å². The Labute approximate surface area is 95.3 Å². The molecule has 2 atom stereocenters. The van der Waals surface area contributed by atoms with E-state index < -0.39 is 0 Å². The van der Waals surface area contributed by atoms with Crippen LogP contribution in [-0.4, -0.2) is 15.8 Å². The molecule has 16 heavy (non-hydrogen) atoms. The molecule has 0 saturated heterocycles. The molecule has 0 aliphatic rings. The van der Waals surface area contributed by atoms with Gasteiger partial charge in [0.05, 0.1) is 18.8 Å². The molecule has 0 spiro atoms. The molecule has 2 aromatic heterocycles. The molecule has 86 valence electrons. The van der Waals surface area contributed by atoms with Crippen molar-refractivity contribution in [3.8, 4) is 0 Å². The number of aromatic nitrogens is 2. The van der Waals surface area contributed by atoms with Gasteiger partial charge in [0.15, 0.2) is 0 Å². The zero-order chi connectivity index (χ0) is 11.4. The first-order valence-corrected chi connectivity index (χ1v) is 5.52. The minimum absolute atomic E-state index is 0.223. The van der Waals surface area contributed by atoms with Crippen molar-refractivity contribution < 1.29 is 4.42 Å². The second-order valence-electron chi connectivity index (χ2n) is 4.03. The lowest BCUT2D eigenvalue weighted by molar-refractivity contribution is 0.368. The highest BCUT2D eigenvalue weighted by molar-refractivity contribution is 5.03. The molecule has 0 radical (unpaired) electrons. The summed E-state index contributed by atoms with van der Waals surface area (Å²) in [4.78, 5) is 0. The molecule has 2 rings (SSSR count). The Morgan fingerprint density at radius 1 is 1.44 bits per heavy atom. The van der Waals surface area contributed by atoms with Gasteiger partial charge in [0.2, 0.25) is 0 Å². The molecule has 0 bridgehead atoms. The summed E-state index contributed by atoms with van der Waals surface area (Å²) < 4.78 is 7.27. The van der Waals surface area contributed by atoms with Crippen LogP contribution < -0.4 is 5.32 Å². The summed E-state index contributed by atoms with van der Waals surface area (Å²) in [5, 5.41) is 7.65. The number of rotatable bonds is 5. The Morgan fingerprint density at radius 3 is 2.94 bits per heavy atom. The molecule has 0 aromatic carbocycles. The van der Waals surface area contributed by atoms with Crippen molar-refractivity contribution >= 4 is 0 Å². The summed E-state index contributed by atoms with van der Waals surface area (Å²) in [6.45, 7) is 5.09. The van der Waals surface area contributed by atoms with E-state index in [1.807, 2.05) is 29.1 Å². The first-order valence-electron chi connectivity index (χ1n) is 5.52. The van der Waals surface area contributed by atoms with Crippen molar-refractivity contribution in [1.82, 2.24) is 15.1 Å². The zero-order valence-electron chi connectivity index (χ0n) is 9.63. The maximum Gasteiger partial charge on any atom is 0.120 e. The molecule has 2 aromatic rings. The van der Waals surface area contributed by atoms with E-state index in [4.69, 9.17) is 4.42 Å². The molecule has 4 nitrogen and oxygen atoms in total. The van der Waals surface area contributed by atoms with Crippen LogP contribution in [0.2, 0.25) is 0 Å². The van der Waals surface area contributed by atoms with Gasteiger partial charge < -0.3 is 9.73 Å². The van der Waals surface area contributed by atoms with E-state index in [-0.39, 0.29) is 6.04 Å². The van der Waals surface area contributed by atoms with Crippen LogP contribution in [-0.2, 0) is 6.54 Å². The quantitative estimate of drug-likeness (QED) is 0.838. The van der Waals surface area contributed by atoms with E-state index in [2.05, 4.69) is 24.3 Å². The average Bonchev–Trinajstić information content (AvgIpc) is 2.88. The largest absolute Gasteiger partial charge is 0.468 e. The fraction of sp³-hybridized carbons (Fsp3) is 0.417. The average molecular weight is 219 g/mol. The molecule has 2 heterocycles. The van der Waals surface area contributed by atoms with Crippen molar-refractivity contribution in [2.45, 2.75) is 32.5 Å². The van der Waals surface area contributed by atoms with Gasteiger partial charge in [0, 0.05) is 18.4 Å². The monoisotopic (exact) mass is 219 g/mol. The fourth-order valence-corrected chi connectivity index (χ4v) is 1.79. The van der Waals surface area contributed by atoms with Crippen LogP contribution >= 0.6 is 0 Å². The number of hydrogen-bond acceptors (Lipinski definition) is 3. The smallest absolute Gasteiger partial charge is 0.120 e. The molecule has 0 saturated carbocycles. The summed E-state index contributed by atoms with van der Waals surface area (Å²) in [5.41, 5.74) is 0. The lowest BCUT2D eigenvalue weighted by atomic mass is 10.2. The summed E-state index contributed by atoms with van der Waals surface area (Å²) in [7, 11) is 0. The summed E-state index contributed by atoms with van der Waals surface area (Å²) in [6.07, 6.45) is 5.46. The van der Waals surface area contributed by atoms with Gasteiger partial charge in [-0.2, -0.15) is 5.10 Å². The van der Waals surface area contributed by atoms with Crippen molar-refractivity contribution in [2.24, 2.45) is 0 Å². The topological polar surface area (TPSA) is 43.0 Å². The van der Waals surface area contributed by atoms with Crippen molar-refractivity contribution in [3.63, 3.8) is 0 Å². The van der Waals surface area contributed by atoms with Crippen LogP contribution in [0, 0.1) is 0 Å². The van der Waals surface area contributed by atoms with E-state index in [0.717, 1.165) is 12.3 Å². The molecule has 0 aliphatic carbocycles. The van der Waals surface area contributed by atoms with Crippen LogP contribution in [0.4, 0.5) is 0 Å². The van der Waals surface area contributed by atoms with Crippen LogP contribution in [0.3, 0.4) is 0 Å². The third-order valence-corrected chi connectivity index (χ3v) is 2.52. The lowest BCUT2D eigenvalue weighted by Crippen LogP contribution is -2.32. The highest BCUT2D eigenvalue weighted by atomic mass is 16.3. The highest BCUT2D eigenvalue weighted by Gasteiger charge is 2.11. The van der Waals surface area contributed by atoms with Gasteiger partial charge in [-0.1, -0.05) is 0 Å². The van der Waals surface area contributed by atoms with E-state index in [9.17, 15) is 0 Å². The van der Waals surface area contributed by atoms with Crippen molar-refractivity contribution in [1.29, 1.82) is 0 Å². The van der Waals surface area contributed by atoms with Crippen LogP contribution in [0.5, 0.6) is 0 Å². The molecule has 2 unspecified atom stereocenters. The van der Waals surface area contributed by atoms with Gasteiger partial charge in [0.1, 0.15) is 5.76 Å². The van der Waals surface area contributed by atoms with E-state index >= 15 is 0 Å².